The van der Waals surface area contributed by atoms with E-state index in [1.54, 1.807) is 0 Å². The van der Waals surface area contributed by atoms with Gasteiger partial charge in [-0.2, -0.15) is 10.2 Å². The maximum atomic E-state index is 4.39. The molecule has 1 fully saturated rings. The molecule has 0 amide bonds. The molecule has 0 aliphatic carbocycles. The lowest BCUT2D eigenvalue weighted by atomic mass is 10.1. The van der Waals surface area contributed by atoms with Gasteiger partial charge in [0.2, 0.25) is 0 Å². The number of benzene rings is 3. The fraction of sp³-hybridized carbons (Fsp3) is 0.286. The van der Waals surface area contributed by atoms with Gasteiger partial charge in [0.25, 0.3) is 0 Å². The second-order valence-electron chi connectivity index (χ2n) is 8.18. The zero-order chi connectivity index (χ0) is 21.3. The minimum Gasteiger partial charge on any atom is -0.372 e. The van der Waals surface area contributed by atoms with E-state index in [0.717, 1.165) is 30.0 Å². The zero-order valence-electron chi connectivity index (χ0n) is 18.4. The Morgan fingerprint density at radius 1 is 0.710 bits per heavy atom. The average molecular weight is 410 g/mol. The van der Waals surface area contributed by atoms with Gasteiger partial charge in [-0.1, -0.05) is 61.9 Å². The lowest BCUT2D eigenvalue weighted by molar-refractivity contribution is 0.795. The Labute approximate surface area is 186 Å². The van der Waals surface area contributed by atoms with E-state index < -0.39 is 0 Å². The molecule has 3 heteroatoms. The van der Waals surface area contributed by atoms with E-state index in [1.807, 2.05) is 24.3 Å². The first kappa shape index (κ1) is 21.0. The molecule has 0 spiro atoms. The molecule has 4 rings (SSSR count). The van der Waals surface area contributed by atoms with Crippen LogP contribution in [0.25, 0.3) is 12.2 Å². The largest absolute Gasteiger partial charge is 0.372 e. The number of aryl methyl sites for hydroxylation is 1. The Morgan fingerprint density at radius 3 is 1.77 bits per heavy atom. The van der Waals surface area contributed by atoms with Gasteiger partial charge in [0.05, 0.1) is 11.4 Å². The molecule has 0 aromatic heterocycles. The van der Waals surface area contributed by atoms with E-state index >= 15 is 0 Å². The van der Waals surface area contributed by atoms with Crippen molar-refractivity contribution in [3.63, 3.8) is 0 Å². The summed E-state index contributed by atoms with van der Waals surface area (Å²) in [4.78, 5) is 2.42. The third-order valence-corrected chi connectivity index (χ3v) is 5.76. The fourth-order valence-electron chi connectivity index (χ4n) is 3.84. The van der Waals surface area contributed by atoms with Crippen molar-refractivity contribution in [2.75, 3.05) is 18.0 Å². The van der Waals surface area contributed by atoms with Gasteiger partial charge in [0, 0.05) is 18.8 Å². The van der Waals surface area contributed by atoms with Crippen molar-refractivity contribution in [1.29, 1.82) is 0 Å². The monoisotopic (exact) mass is 409 g/mol. The Morgan fingerprint density at radius 2 is 1.23 bits per heavy atom. The van der Waals surface area contributed by atoms with Crippen LogP contribution >= 0.6 is 0 Å². The van der Waals surface area contributed by atoms with Crippen LogP contribution in [0.4, 0.5) is 17.1 Å². The molecule has 3 nitrogen and oxygen atoms in total. The molecule has 3 aromatic rings. The molecule has 31 heavy (non-hydrogen) atoms. The fourth-order valence-corrected chi connectivity index (χ4v) is 3.84. The highest BCUT2D eigenvalue weighted by atomic mass is 15.1. The predicted molar refractivity (Wildman–Crippen MR) is 132 cm³/mol. The highest BCUT2D eigenvalue weighted by Crippen LogP contribution is 2.25. The predicted octanol–water partition coefficient (Wildman–Crippen LogP) is 8.22. The van der Waals surface area contributed by atoms with Crippen molar-refractivity contribution in [2.24, 2.45) is 10.2 Å². The maximum Gasteiger partial charge on any atom is 0.0858 e. The number of rotatable bonds is 8. The Balaban J connectivity index is 1.33. The lowest BCUT2D eigenvalue weighted by Gasteiger charge is -2.17. The maximum absolute atomic E-state index is 4.39. The van der Waals surface area contributed by atoms with Crippen molar-refractivity contribution in [1.82, 2.24) is 0 Å². The minimum atomic E-state index is 0.862. The van der Waals surface area contributed by atoms with E-state index in [2.05, 4.69) is 82.7 Å². The summed E-state index contributed by atoms with van der Waals surface area (Å²) in [6.07, 6.45) is 10.5. The third-order valence-electron chi connectivity index (χ3n) is 5.76. The molecule has 0 saturated carbocycles. The molecule has 1 aliphatic rings. The second-order valence-corrected chi connectivity index (χ2v) is 8.18. The molecule has 0 bridgehead atoms. The van der Waals surface area contributed by atoms with E-state index in [1.165, 1.54) is 48.9 Å². The summed E-state index contributed by atoms with van der Waals surface area (Å²) >= 11 is 0. The number of unbranched alkanes of at least 4 members (excludes halogenated alkanes) is 1. The van der Waals surface area contributed by atoms with Crippen LogP contribution in [0.1, 0.15) is 49.3 Å². The Kier molecular flexibility index (Phi) is 7.28. The van der Waals surface area contributed by atoms with Gasteiger partial charge in [-0.25, -0.2) is 0 Å². The van der Waals surface area contributed by atoms with Crippen LogP contribution in [-0.2, 0) is 6.42 Å². The molecule has 158 valence electrons. The number of anilines is 1. The molecule has 1 heterocycles. The van der Waals surface area contributed by atoms with Gasteiger partial charge in [0.1, 0.15) is 0 Å². The quantitative estimate of drug-likeness (QED) is 0.272. The van der Waals surface area contributed by atoms with Crippen molar-refractivity contribution < 1.29 is 0 Å². The molecule has 0 unspecified atom stereocenters. The van der Waals surface area contributed by atoms with Gasteiger partial charge < -0.3 is 4.90 Å². The summed E-state index contributed by atoms with van der Waals surface area (Å²) in [7, 11) is 0. The number of hydrogen-bond acceptors (Lipinski definition) is 3. The molecule has 1 saturated heterocycles. The van der Waals surface area contributed by atoms with Gasteiger partial charge in [-0.15, -0.1) is 0 Å². The van der Waals surface area contributed by atoms with Crippen LogP contribution in [0.3, 0.4) is 0 Å². The highest BCUT2D eigenvalue weighted by molar-refractivity contribution is 5.70. The summed E-state index contributed by atoms with van der Waals surface area (Å²) in [6.45, 7) is 4.55. The van der Waals surface area contributed by atoms with E-state index in [0.29, 0.717) is 0 Å². The SMILES string of the molecule is CCCCc1ccc(/C=C/c2ccc(/N=N/c3ccc(N4CCCC4)cc3)cc2)cc1. The summed E-state index contributed by atoms with van der Waals surface area (Å²) in [5, 5.41) is 8.77. The standard InChI is InChI=1S/C28H31N3/c1-2-3-6-23-7-9-24(10-8-23)11-12-25-13-15-26(16-14-25)29-30-27-17-19-28(20-18-27)31-21-4-5-22-31/h7-20H,2-6,21-22H2,1H3/b12-11+,30-29+. The van der Waals surface area contributed by atoms with Crippen LogP contribution < -0.4 is 4.90 Å². The van der Waals surface area contributed by atoms with Crippen molar-refractivity contribution in [3.8, 4) is 0 Å². The van der Waals surface area contributed by atoms with E-state index in [9.17, 15) is 0 Å². The summed E-state index contributed by atoms with van der Waals surface area (Å²) in [6, 6.07) is 25.4. The topological polar surface area (TPSA) is 28.0 Å². The third kappa shape index (κ3) is 6.14. The zero-order valence-corrected chi connectivity index (χ0v) is 18.4. The first-order valence-electron chi connectivity index (χ1n) is 11.4. The van der Waals surface area contributed by atoms with Crippen molar-refractivity contribution >= 4 is 29.2 Å². The summed E-state index contributed by atoms with van der Waals surface area (Å²) in [5.74, 6) is 0. The number of hydrogen-bond donors (Lipinski definition) is 0. The van der Waals surface area contributed by atoms with Crippen LogP contribution in [-0.4, -0.2) is 13.1 Å². The van der Waals surface area contributed by atoms with Crippen LogP contribution in [0.2, 0.25) is 0 Å². The molecule has 0 N–H and O–H groups in total. The number of nitrogens with zero attached hydrogens (tertiary/aromatic N) is 3. The normalized spacial score (nSPS) is 14.2. The minimum absolute atomic E-state index is 0.862. The van der Waals surface area contributed by atoms with E-state index in [-0.39, 0.29) is 0 Å². The van der Waals surface area contributed by atoms with Crippen molar-refractivity contribution in [2.45, 2.75) is 39.0 Å². The smallest absolute Gasteiger partial charge is 0.0858 e. The summed E-state index contributed by atoms with van der Waals surface area (Å²) < 4.78 is 0. The van der Waals surface area contributed by atoms with Crippen LogP contribution in [0, 0.1) is 0 Å². The van der Waals surface area contributed by atoms with E-state index in [4.69, 9.17) is 0 Å². The lowest BCUT2D eigenvalue weighted by Crippen LogP contribution is -2.17. The van der Waals surface area contributed by atoms with Gasteiger partial charge in [0.15, 0.2) is 0 Å². The molecule has 0 atom stereocenters. The average Bonchev–Trinajstić information content (AvgIpc) is 3.37. The van der Waals surface area contributed by atoms with Gasteiger partial charge in [-0.3, -0.25) is 0 Å². The number of azo groups is 1. The Hall–Kier alpha value is -3.20. The second kappa shape index (κ2) is 10.7. The van der Waals surface area contributed by atoms with Crippen LogP contribution in [0.15, 0.2) is 83.0 Å². The Bertz CT molecular complexity index is 994. The molecular formula is C28H31N3. The summed E-state index contributed by atoms with van der Waals surface area (Å²) in [5.41, 5.74) is 6.82. The molecular weight excluding hydrogens is 378 g/mol. The highest BCUT2D eigenvalue weighted by Gasteiger charge is 2.11. The molecule has 3 aromatic carbocycles. The van der Waals surface area contributed by atoms with Gasteiger partial charge >= 0.3 is 0 Å². The van der Waals surface area contributed by atoms with Gasteiger partial charge in [-0.05, 0) is 78.8 Å². The first-order chi connectivity index (χ1) is 15.3. The van der Waals surface area contributed by atoms with Crippen LogP contribution in [0.5, 0.6) is 0 Å². The molecule has 1 aliphatic heterocycles. The van der Waals surface area contributed by atoms with Crippen molar-refractivity contribution in [3.05, 3.63) is 89.5 Å². The first-order valence-corrected chi connectivity index (χ1v) is 11.4. The molecule has 0 radical (unpaired) electrons.